The van der Waals surface area contributed by atoms with Gasteiger partial charge in [-0.15, -0.1) is 0 Å². The van der Waals surface area contributed by atoms with Gasteiger partial charge in [0, 0.05) is 35.0 Å². The highest BCUT2D eigenvalue weighted by Gasteiger charge is 2.32. The molecule has 1 aromatic carbocycles. The van der Waals surface area contributed by atoms with Gasteiger partial charge >= 0.3 is 0 Å². The third kappa shape index (κ3) is 4.41. The minimum atomic E-state index is -0.246. The summed E-state index contributed by atoms with van der Waals surface area (Å²) in [4.78, 5) is 30.5. The van der Waals surface area contributed by atoms with E-state index >= 15 is 0 Å². The number of hydrogen-bond acceptors (Lipinski definition) is 3. The number of nitrogens with zero attached hydrogens (tertiary/aromatic N) is 2. The lowest BCUT2D eigenvalue weighted by molar-refractivity contribution is -0.131. The summed E-state index contributed by atoms with van der Waals surface area (Å²) in [6.07, 6.45) is 5.49. The van der Waals surface area contributed by atoms with Gasteiger partial charge in [-0.3, -0.25) is 14.6 Å². The zero-order valence-corrected chi connectivity index (χ0v) is 14.7. The van der Waals surface area contributed by atoms with Crippen LogP contribution in [-0.2, 0) is 11.3 Å². The molecule has 3 rings (SSSR count). The fourth-order valence-corrected chi connectivity index (χ4v) is 2.88. The van der Waals surface area contributed by atoms with Gasteiger partial charge in [0.25, 0.3) is 5.91 Å². The third-order valence-electron chi connectivity index (χ3n) is 3.90. The zero-order chi connectivity index (χ0) is 16.9. The molecule has 1 aliphatic carbocycles. The Balaban J connectivity index is 1.59. The number of carbonyl (C=O) groups is 2. The number of rotatable bonds is 6. The fourth-order valence-electron chi connectivity index (χ4n) is 2.48. The van der Waals surface area contributed by atoms with Crippen LogP contribution in [0.3, 0.4) is 0 Å². The van der Waals surface area contributed by atoms with Gasteiger partial charge < -0.3 is 10.2 Å². The van der Waals surface area contributed by atoms with Crippen molar-refractivity contribution in [3.05, 3.63) is 64.4 Å². The van der Waals surface area contributed by atoms with Crippen LogP contribution in [0, 0.1) is 0 Å². The monoisotopic (exact) mass is 387 g/mol. The van der Waals surface area contributed by atoms with Gasteiger partial charge in [0.05, 0.1) is 6.54 Å². The molecule has 5 nitrogen and oxygen atoms in total. The number of carbonyl (C=O) groups excluding carboxylic acids is 2. The van der Waals surface area contributed by atoms with Crippen LogP contribution in [0.4, 0.5) is 0 Å². The second kappa shape index (κ2) is 7.57. The van der Waals surface area contributed by atoms with Crippen LogP contribution >= 0.6 is 15.9 Å². The van der Waals surface area contributed by atoms with Crippen molar-refractivity contribution in [1.82, 2.24) is 15.2 Å². The Morgan fingerprint density at radius 3 is 2.62 bits per heavy atom. The summed E-state index contributed by atoms with van der Waals surface area (Å²) >= 11 is 3.34. The predicted molar refractivity (Wildman–Crippen MR) is 94.3 cm³/mol. The van der Waals surface area contributed by atoms with Gasteiger partial charge in [-0.2, -0.15) is 0 Å². The van der Waals surface area contributed by atoms with E-state index in [1.165, 1.54) is 0 Å². The van der Waals surface area contributed by atoms with E-state index in [2.05, 4.69) is 26.2 Å². The molecule has 0 atom stereocenters. The number of aromatic nitrogens is 1. The molecule has 124 valence electrons. The first kappa shape index (κ1) is 16.6. The Kier molecular flexibility index (Phi) is 5.25. The van der Waals surface area contributed by atoms with Crippen LogP contribution in [0.1, 0.15) is 28.8 Å². The van der Waals surface area contributed by atoms with Crippen molar-refractivity contribution in [3.63, 3.8) is 0 Å². The summed E-state index contributed by atoms with van der Waals surface area (Å²) in [6.45, 7) is 0.561. The van der Waals surface area contributed by atoms with Gasteiger partial charge in [0.15, 0.2) is 0 Å². The maximum atomic E-state index is 12.5. The normalized spacial score (nSPS) is 13.4. The average Bonchev–Trinajstić information content (AvgIpc) is 3.43. The van der Waals surface area contributed by atoms with Crippen molar-refractivity contribution in [2.75, 3.05) is 6.54 Å². The highest BCUT2D eigenvalue weighted by Crippen LogP contribution is 2.28. The first-order valence-corrected chi connectivity index (χ1v) is 8.65. The van der Waals surface area contributed by atoms with Crippen molar-refractivity contribution >= 4 is 27.7 Å². The smallest absolute Gasteiger partial charge is 0.251 e. The summed E-state index contributed by atoms with van der Waals surface area (Å²) in [5.41, 5.74) is 1.58. The van der Waals surface area contributed by atoms with Crippen LogP contribution in [-0.4, -0.2) is 34.3 Å². The van der Waals surface area contributed by atoms with Gasteiger partial charge in [0.1, 0.15) is 0 Å². The number of hydrogen-bond donors (Lipinski definition) is 1. The molecule has 0 aliphatic heterocycles. The molecule has 0 spiro atoms. The number of nitrogens with one attached hydrogen (secondary N) is 1. The number of benzene rings is 1. The second-order valence-electron chi connectivity index (χ2n) is 5.80. The minimum absolute atomic E-state index is 0.00688. The molecular weight excluding hydrogens is 370 g/mol. The Labute approximate surface area is 149 Å². The van der Waals surface area contributed by atoms with Crippen molar-refractivity contribution in [2.45, 2.75) is 25.4 Å². The van der Waals surface area contributed by atoms with Crippen molar-refractivity contribution in [2.24, 2.45) is 0 Å². The maximum Gasteiger partial charge on any atom is 0.251 e. The zero-order valence-electron chi connectivity index (χ0n) is 13.1. The number of pyridine rings is 1. The lowest BCUT2D eigenvalue weighted by atomic mass is 10.2. The Hall–Kier alpha value is -2.21. The van der Waals surface area contributed by atoms with Crippen molar-refractivity contribution in [3.8, 4) is 0 Å². The van der Waals surface area contributed by atoms with E-state index < -0.39 is 0 Å². The Morgan fingerprint density at radius 2 is 1.96 bits per heavy atom. The molecule has 24 heavy (non-hydrogen) atoms. The van der Waals surface area contributed by atoms with Crippen LogP contribution in [0.2, 0.25) is 0 Å². The van der Waals surface area contributed by atoms with E-state index in [1.807, 2.05) is 23.1 Å². The van der Waals surface area contributed by atoms with E-state index in [0.29, 0.717) is 12.1 Å². The lowest BCUT2D eigenvalue weighted by Crippen LogP contribution is -2.41. The predicted octanol–water partition coefficient (Wildman–Crippen LogP) is 2.77. The van der Waals surface area contributed by atoms with Gasteiger partial charge in [-0.05, 0) is 48.7 Å². The average molecular weight is 388 g/mol. The van der Waals surface area contributed by atoms with E-state index in [0.717, 1.165) is 22.9 Å². The maximum absolute atomic E-state index is 12.5. The number of amides is 2. The molecular formula is C18H18BrN3O2. The van der Waals surface area contributed by atoms with Crippen LogP contribution < -0.4 is 5.32 Å². The number of halogens is 1. The fraction of sp³-hybridized carbons (Fsp3) is 0.278. The highest BCUT2D eigenvalue weighted by atomic mass is 79.9. The van der Waals surface area contributed by atoms with Gasteiger partial charge in [-0.25, -0.2) is 0 Å². The highest BCUT2D eigenvalue weighted by molar-refractivity contribution is 9.10. The molecule has 1 heterocycles. The second-order valence-corrected chi connectivity index (χ2v) is 6.72. The van der Waals surface area contributed by atoms with Crippen molar-refractivity contribution in [1.29, 1.82) is 0 Å². The third-order valence-corrected chi connectivity index (χ3v) is 4.39. The summed E-state index contributed by atoms with van der Waals surface area (Å²) in [5, 5.41) is 2.71. The largest absolute Gasteiger partial charge is 0.343 e. The van der Waals surface area contributed by atoms with Crippen LogP contribution in [0.5, 0.6) is 0 Å². The molecule has 2 amide bonds. The molecule has 1 fully saturated rings. The first-order chi connectivity index (χ1) is 11.6. The van der Waals surface area contributed by atoms with Gasteiger partial charge in [-0.1, -0.05) is 22.0 Å². The van der Waals surface area contributed by atoms with E-state index in [4.69, 9.17) is 0 Å². The lowest BCUT2D eigenvalue weighted by Gasteiger charge is -2.22. The van der Waals surface area contributed by atoms with Crippen LogP contribution in [0.25, 0.3) is 0 Å². The Morgan fingerprint density at radius 1 is 1.21 bits per heavy atom. The summed E-state index contributed by atoms with van der Waals surface area (Å²) in [6, 6.07) is 11.2. The topological polar surface area (TPSA) is 62.3 Å². The molecule has 0 unspecified atom stereocenters. The molecule has 1 aromatic heterocycles. The minimum Gasteiger partial charge on any atom is -0.343 e. The van der Waals surface area contributed by atoms with Gasteiger partial charge in [0.2, 0.25) is 5.91 Å². The molecule has 0 bridgehead atoms. The quantitative estimate of drug-likeness (QED) is 0.828. The summed E-state index contributed by atoms with van der Waals surface area (Å²) in [7, 11) is 0. The Bertz CT molecular complexity index is 732. The first-order valence-electron chi connectivity index (χ1n) is 7.85. The standard InChI is InChI=1S/C18H18BrN3O2/c19-15-3-1-2-14(10-15)18(24)21-11-17(23)22(16-4-5-16)12-13-6-8-20-9-7-13/h1-3,6-10,16H,4-5,11-12H2,(H,21,24). The van der Waals surface area contributed by atoms with Crippen molar-refractivity contribution < 1.29 is 9.59 Å². The molecule has 6 heteroatoms. The van der Waals surface area contributed by atoms with Crippen LogP contribution in [0.15, 0.2) is 53.3 Å². The molecule has 1 saturated carbocycles. The van der Waals surface area contributed by atoms with E-state index in [-0.39, 0.29) is 24.4 Å². The SMILES string of the molecule is O=C(NCC(=O)N(Cc1ccncc1)C1CC1)c1cccc(Br)c1. The van der Waals surface area contributed by atoms with E-state index in [9.17, 15) is 9.59 Å². The molecule has 2 aromatic rings. The molecule has 0 radical (unpaired) electrons. The van der Waals surface area contributed by atoms with E-state index in [1.54, 1.807) is 30.6 Å². The molecule has 1 aliphatic rings. The molecule has 0 saturated heterocycles. The summed E-state index contributed by atoms with van der Waals surface area (Å²) < 4.78 is 0.832. The molecule has 1 N–H and O–H groups in total. The summed E-state index contributed by atoms with van der Waals surface area (Å²) in [5.74, 6) is -0.304.